The fraction of sp³-hybridized carbons (Fsp3) is 0.486. The topological polar surface area (TPSA) is 88.8 Å². The highest BCUT2D eigenvalue weighted by Gasteiger charge is 2.46. The predicted octanol–water partition coefficient (Wildman–Crippen LogP) is 4.92. The molecule has 0 bridgehead atoms. The van der Waals surface area contributed by atoms with Gasteiger partial charge in [0.2, 0.25) is 5.91 Å². The predicted molar refractivity (Wildman–Crippen MR) is 170 cm³/mol. The van der Waals surface area contributed by atoms with Gasteiger partial charge in [-0.05, 0) is 47.7 Å². The number of benzene rings is 2. The molecule has 2 saturated heterocycles. The van der Waals surface area contributed by atoms with Gasteiger partial charge < -0.3 is 14.5 Å². The minimum atomic E-state index is -0.238. The molecule has 228 valence electrons. The molecule has 4 aliphatic rings. The van der Waals surface area contributed by atoms with Crippen LogP contribution in [0.1, 0.15) is 68.5 Å². The number of fused-ring (bicyclic) bond motifs is 1. The molecule has 9 heteroatoms. The highest BCUT2D eigenvalue weighted by atomic mass is 16.5. The van der Waals surface area contributed by atoms with Gasteiger partial charge in [0.1, 0.15) is 12.5 Å². The van der Waals surface area contributed by atoms with Crippen molar-refractivity contribution >= 4 is 22.5 Å². The summed E-state index contributed by atoms with van der Waals surface area (Å²) in [7, 11) is 0. The number of ether oxygens (including phenoxy) is 1. The Hall–Kier alpha value is -4.00. The van der Waals surface area contributed by atoms with Crippen molar-refractivity contribution in [2.45, 2.75) is 76.7 Å². The zero-order valence-electron chi connectivity index (χ0n) is 26.0. The van der Waals surface area contributed by atoms with E-state index in [1.54, 1.807) is 4.90 Å². The van der Waals surface area contributed by atoms with Crippen molar-refractivity contribution < 1.29 is 9.53 Å². The number of aromatic nitrogens is 2. The van der Waals surface area contributed by atoms with Gasteiger partial charge in [-0.1, -0.05) is 56.8 Å². The Balaban J connectivity index is 1.23. The summed E-state index contributed by atoms with van der Waals surface area (Å²) >= 11 is 0. The smallest absolute Gasteiger partial charge is 0.319 e. The standard InChI is InChI=1S/C35H41N7O2/c1-5-30(43)42-18-17-39(19-25(42)14-15-36)33-27-20-41(21-29(27)37-34(38-33)44-22-40-16-8-9-23(40)2)32-26-12-6-10-24-11-7-13-28(31(24)26)35(32,3)4/h5-7,10-13,23,25,32H,1,8-9,14,16-22H2,2-4H3/t23?,25-,32?/m0/s1. The summed E-state index contributed by atoms with van der Waals surface area (Å²) < 4.78 is 6.30. The van der Waals surface area contributed by atoms with Crippen LogP contribution in [0.4, 0.5) is 5.82 Å². The summed E-state index contributed by atoms with van der Waals surface area (Å²) in [5.74, 6) is 0.729. The number of carbonyl (C=O) groups excluding carboxylic acids is 1. The molecule has 1 aliphatic carbocycles. The molecular formula is C35H41N7O2. The van der Waals surface area contributed by atoms with E-state index >= 15 is 0 Å². The maximum Gasteiger partial charge on any atom is 0.319 e. The summed E-state index contributed by atoms with van der Waals surface area (Å²) in [5, 5.41) is 12.3. The van der Waals surface area contributed by atoms with Crippen LogP contribution in [0.25, 0.3) is 10.8 Å². The molecule has 0 radical (unpaired) electrons. The third-order valence-corrected chi connectivity index (χ3v) is 10.4. The van der Waals surface area contributed by atoms with Crippen molar-refractivity contribution in [1.82, 2.24) is 24.7 Å². The first-order chi connectivity index (χ1) is 21.3. The molecule has 2 unspecified atom stereocenters. The minimum absolute atomic E-state index is 0.0847. The summed E-state index contributed by atoms with van der Waals surface area (Å²) in [6.45, 7) is 15.2. The summed E-state index contributed by atoms with van der Waals surface area (Å²) in [5.41, 5.74) is 4.79. The van der Waals surface area contributed by atoms with Gasteiger partial charge in [0, 0.05) is 62.3 Å². The lowest BCUT2D eigenvalue weighted by molar-refractivity contribution is -0.128. The number of piperazine rings is 1. The van der Waals surface area contributed by atoms with Crippen molar-refractivity contribution in [2.75, 3.05) is 37.8 Å². The Bertz CT molecular complexity index is 1660. The molecule has 3 atom stereocenters. The van der Waals surface area contributed by atoms with Crippen LogP contribution >= 0.6 is 0 Å². The number of anilines is 1. The van der Waals surface area contributed by atoms with Crippen LogP contribution in [-0.2, 0) is 23.3 Å². The molecular weight excluding hydrogens is 550 g/mol. The lowest BCUT2D eigenvalue weighted by Gasteiger charge is -2.41. The number of nitrogens with zero attached hydrogens (tertiary/aromatic N) is 7. The normalized spacial score (nSPS) is 24.5. The lowest BCUT2D eigenvalue weighted by Crippen LogP contribution is -2.55. The number of likely N-dealkylation sites (tertiary alicyclic amines) is 1. The van der Waals surface area contributed by atoms with Gasteiger partial charge in [0.25, 0.3) is 0 Å². The molecule has 0 saturated carbocycles. The SMILES string of the molecule is C=CC(=O)N1CCN(c2nc(OCN3CCCC3C)nc3c2CN(C2c4cccc5cccc(c45)C2(C)C)C3)C[C@@H]1CC#N. The molecule has 2 aromatic carbocycles. The van der Waals surface area contributed by atoms with Crippen LogP contribution in [0.2, 0.25) is 0 Å². The van der Waals surface area contributed by atoms with E-state index in [-0.39, 0.29) is 29.8 Å². The number of carbonyl (C=O) groups is 1. The van der Waals surface area contributed by atoms with E-state index < -0.39 is 0 Å². The number of hydrogen-bond donors (Lipinski definition) is 0. The second-order valence-corrected chi connectivity index (χ2v) is 13.3. The monoisotopic (exact) mass is 591 g/mol. The number of amides is 1. The highest BCUT2D eigenvalue weighted by molar-refractivity contribution is 5.93. The van der Waals surface area contributed by atoms with E-state index in [0.717, 1.165) is 30.2 Å². The number of hydrogen-bond acceptors (Lipinski definition) is 8. The highest BCUT2D eigenvalue weighted by Crippen LogP contribution is 2.54. The molecule has 0 spiro atoms. The number of rotatable bonds is 7. The second kappa shape index (κ2) is 11.2. The first kappa shape index (κ1) is 28.8. The van der Waals surface area contributed by atoms with E-state index in [1.165, 1.54) is 40.8 Å². The zero-order valence-corrected chi connectivity index (χ0v) is 26.0. The average Bonchev–Trinajstić information content (AvgIpc) is 3.70. The molecule has 0 N–H and O–H groups in total. The molecule has 2 fully saturated rings. The van der Waals surface area contributed by atoms with Crippen molar-refractivity contribution in [3.63, 3.8) is 0 Å². The molecule has 3 aliphatic heterocycles. The fourth-order valence-corrected chi connectivity index (χ4v) is 8.13. The van der Waals surface area contributed by atoms with Gasteiger partial charge in [-0.2, -0.15) is 15.2 Å². The van der Waals surface area contributed by atoms with Gasteiger partial charge in [-0.25, -0.2) is 0 Å². The largest absolute Gasteiger partial charge is 0.447 e. The molecule has 44 heavy (non-hydrogen) atoms. The molecule has 1 amide bonds. The van der Waals surface area contributed by atoms with Crippen LogP contribution in [0.15, 0.2) is 49.1 Å². The molecule has 3 aromatic rings. The third kappa shape index (κ3) is 4.72. The Morgan fingerprint density at radius 1 is 1.16 bits per heavy atom. The first-order valence-corrected chi connectivity index (χ1v) is 15.9. The van der Waals surface area contributed by atoms with Crippen LogP contribution in [-0.4, -0.2) is 75.6 Å². The van der Waals surface area contributed by atoms with Crippen LogP contribution in [0.3, 0.4) is 0 Å². The van der Waals surface area contributed by atoms with E-state index in [4.69, 9.17) is 14.7 Å². The van der Waals surface area contributed by atoms with Crippen LogP contribution in [0.5, 0.6) is 6.01 Å². The average molecular weight is 592 g/mol. The van der Waals surface area contributed by atoms with Crippen LogP contribution < -0.4 is 9.64 Å². The molecule has 7 rings (SSSR count). The Morgan fingerprint density at radius 2 is 1.98 bits per heavy atom. The van der Waals surface area contributed by atoms with Gasteiger partial charge >= 0.3 is 6.01 Å². The lowest BCUT2D eigenvalue weighted by atomic mass is 9.81. The Morgan fingerprint density at radius 3 is 2.73 bits per heavy atom. The molecule has 9 nitrogen and oxygen atoms in total. The third-order valence-electron chi connectivity index (χ3n) is 10.4. The van der Waals surface area contributed by atoms with E-state index in [1.807, 2.05) is 0 Å². The summed E-state index contributed by atoms with van der Waals surface area (Å²) in [6.07, 6.45) is 3.95. The van der Waals surface area contributed by atoms with Gasteiger partial charge in [-0.15, -0.1) is 0 Å². The van der Waals surface area contributed by atoms with Crippen molar-refractivity contribution in [3.8, 4) is 12.1 Å². The fourth-order valence-electron chi connectivity index (χ4n) is 8.13. The second-order valence-electron chi connectivity index (χ2n) is 13.3. The summed E-state index contributed by atoms with van der Waals surface area (Å²) in [6, 6.07) is 16.5. The van der Waals surface area contributed by atoms with Crippen LogP contribution in [0, 0.1) is 11.3 Å². The molecule has 1 aromatic heterocycles. The van der Waals surface area contributed by atoms with Gasteiger partial charge in [0.05, 0.1) is 24.2 Å². The molecule has 4 heterocycles. The van der Waals surface area contributed by atoms with E-state index in [0.29, 0.717) is 45.0 Å². The number of nitriles is 1. The zero-order chi connectivity index (χ0) is 30.6. The maximum absolute atomic E-state index is 12.6. The Kier molecular flexibility index (Phi) is 7.30. The maximum atomic E-state index is 12.6. The van der Waals surface area contributed by atoms with Crippen molar-refractivity contribution in [2.24, 2.45) is 0 Å². The van der Waals surface area contributed by atoms with Gasteiger partial charge in [0.15, 0.2) is 0 Å². The van der Waals surface area contributed by atoms with E-state index in [2.05, 4.69) is 84.5 Å². The van der Waals surface area contributed by atoms with Crippen molar-refractivity contribution in [3.05, 3.63) is 71.4 Å². The van der Waals surface area contributed by atoms with Gasteiger partial charge in [-0.3, -0.25) is 14.6 Å². The first-order valence-electron chi connectivity index (χ1n) is 15.9. The quantitative estimate of drug-likeness (QED) is 0.358. The summed E-state index contributed by atoms with van der Waals surface area (Å²) in [4.78, 5) is 31.6. The van der Waals surface area contributed by atoms with Crippen molar-refractivity contribution in [1.29, 1.82) is 5.26 Å². The van der Waals surface area contributed by atoms with E-state index in [9.17, 15) is 10.1 Å². The minimum Gasteiger partial charge on any atom is -0.447 e. The Labute approximate surface area is 259 Å².